The van der Waals surface area contributed by atoms with Crippen LogP contribution in [0.5, 0.6) is 0 Å². The van der Waals surface area contributed by atoms with E-state index in [4.69, 9.17) is 4.52 Å². The molecule has 8 nitrogen and oxygen atoms in total. The zero-order valence-electron chi connectivity index (χ0n) is 15.5. The van der Waals surface area contributed by atoms with Gasteiger partial charge in [0.1, 0.15) is 5.76 Å². The van der Waals surface area contributed by atoms with Gasteiger partial charge >= 0.3 is 6.03 Å². The van der Waals surface area contributed by atoms with Crippen molar-refractivity contribution in [2.75, 3.05) is 5.32 Å². The van der Waals surface area contributed by atoms with Crippen LogP contribution in [0.1, 0.15) is 42.7 Å². The van der Waals surface area contributed by atoms with Crippen molar-refractivity contribution in [3.05, 3.63) is 58.5 Å². The van der Waals surface area contributed by atoms with Crippen molar-refractivity contribution < 1.29 is 14.1 Å². The molecule has 4 rings (SSSR count). The predicted molar refractivity (Wildman–Crippen MR) is 99.9 cm³/mol. The fourth-order valence-electron chi connectivity index (χ4n) is 3.47. The number of nitriles is 1. The number of nitrogens with one attached hydrogen (secondary N) is 2. The minimum absolute atomic E-state index is 0.114. The number of aryl methyl sites for hydroxylation is 1. The van der Waals surface area contributed by atoms with Crippen LogP contribution in [0.4, 0.5) is 10.6 Å². The lowest BCUT2D eigenvalue weighted by Crippen LogP contribution is -2.49. The molecule has 1 aliphatic heterocycles. The SMILES string of the molecule is CC1=C(C(=O)Nc2cc(C)on2)C(c2cccc(C#N)c2)NC(=O)N1C1CC1. The van der Waals surface area contributed by atoms with Crippen LogP contribution >= 0.6 is 0 Å². The Hall–Kier alpha value is -3.60. The molecule has 1 aromatic heterocycles. The van der Waals surface area contributed by atoms with E-state index in [1.807, 2.05) is 0 Å². The first-order valence-corrected chi connectivity index (χ1v) is 9.03. The molecule has 1 aromatic carbocycles. The lowest BCUT2D eigenvalue weighted by Gasteiger charge is -2.35. The van der Waals surface area contributed by atoms with E-state index in [1.54, 1.807) is 49.1 Å². The maximum absolute atomic E-state index is 13.1. The molecule has 1 unspecified atom stereocenters. The van der Waals surface area contributed by atoms with Gasteiger partial charge in [-0.15, -0.1) is 0 Å². The van der Waals surface area contributed by atoms with Crippen LogP contribution in [0.3, 0.4) is 0 Å². The van der Waals surface area contributed by atoms with Crippen molar-refractivity contribution >= 4 is 17.8 Å². The number of nitrogens with zero attached hydrogens (tertiary/aromatic N) is 3. The molecule has 0 bridgehead atoms. The number of urea groups is 1. The summed E-state index contributed by atoms with van der Waals surface area (Å²) >= 11 is 0. The number of anilines is 1. The Balaban J connectivity index is 1.75. The van der Waals surface area contributed by atoms with Crippen LogP contribution < -0.4 is 10.6 Å². The van der Waals surface area contributed by atoms with Gasteiger partial charge in [-0.3, -0.25) is 9.69 Å². The fourth-order valence-corrected chi connectivity index (χ4v) is 3.47. The summed E-state index contributed by atoms with van der Waals surface area (Å²) in [7, 11) is 0. The van der Waals surface area contributed by atoms with Gasteiger partial charge in [-0.1, -0.05) is 17.3 Å². The van der Waals surface area contributed by atoms with Crippen molar-refractivity contribution in [1.29, 1.82) is 5.26 Å². The van der Waals surface area contributed by atoms with E-state index in [-0.39, 0.29) is 18.0 Å². The number of benzene rings is 1. The molecule has 1 aliphatic carbocycles. The monoisotopic (exact) mass is 377 g/mol. The molecule has 1 saturated carbocycles. The zero-order chi connectivity index (χ0) is 19.8. The Kier molecular flexibility index (Phi) is 4.35. The van der Waals surface area contributed by atoms with Crippen LogP contribution in [-0.4, -0.2) is 28.0 Å². The summed E-state index contributed by atoms with van der Waals surface area (Å²) in [5.41, 5.74) is 2.16. The molecular formula is C20H19N5O3. The van der Waals surface area contributed by atoms with Crippen molar-refractivity contribution in [3.63, 3.8) is 0 Å². The Morgan fingerprint density at radius 2 is 2.14 bits per heavy atom. The van der Waals surface area contributed by atoms with Crippen molar-refractivity contribution in [3.8, 4) is 6.07 Å². The van der Waals surface area contributed by atoms with Crippen molar-refractivity contribution in [1.82, 2.24) is 15.4 Å². The summed E-state index contributed by atoms with van der Waals surface area (Å²) in [5, 5.41) is 18.7. The molecule has 2 N–H and O–H groups in total. The average Bonchev–Trinajstić information content (AvgIpc) is 3.42. The standard InChI is InChI=1S/C20H19N5O3/c1-11-8-16(24-28-11)22-19(26)17-12(2)25(15-6-7-15)20(27)23-18(17)14-5-3-4-13(9-14)10-21/h3-5,8-9,15,18H,6-7H2,1-2H3,(H,23,27)(H,22,24,26). The Morgan fingerprint density at radius 3 is 2.79 bits per heavy atom. The number of carbonyl (C=O) groups excluding carboxylic acids is 2. The second kappa shape index (κ2) is 6.85. The van der Waals surface area contributed by atoms with E-state index < -0.39 is 6.04 Å². The average molecular weight is 377 g/mol. The van der Waals surface area contributed by atoms with Gasteiger partial charge in [0.15, 0.2) is 5.82 Å². The highest BCUT2D eigenvalue weighted by molar-refractivity contribution is 6.06. The van der Waals surface area contributed by atoms with E-state index in [9.17, 15) is 14.9 Å². The number of hydrogen-bond donors (Lipinski definition) is 2. The largest absolute Gasteiger partial charge is 0.360 e. The summed E-state index contributed by atoms with van der Waals surface area (Å²) in [6.07, 6.45) is 1.83. The van der Waals surface area contributed by atoms with Crippen LogP contribution in [0.2, 0.25) is 0 Å². The summed E-state index contributed by atoms with van der Waals surface area (Å²) in [6.45, 7) is 3.51. The van der Waals surface area contributed by atoms with Gasteiger partial charge in [-0.05, 0) is 44.4 Å². The van der Waals surface area contributed by atoms with Gasteiger partial charge < -0.3 is 15.2 Å². The lowest BCUT2D eigenvalue weighted by atomic mass is 9.93. The third-order valence-corrected chi connectivity index (χ3v) is 4.90. The van der Waals surface area contributed by atoms with E-state index in [1.165, 1.54) is 0 Å². The smallest absolute Gasteiger partial charge is 0.322 e. The molecule has 1 atom stereocenters. The van der Waals surface area contributed by atoms with E-state index in [2.05, 4.69) is 21.9 Å². The van der Waals surface area contributed by atoms with Gasteiger partial charge in [-0.2, -0.15) is 5.26 Å². The second-order valence-electron chi connectivity index (χ2n) is 7.00. The first kappa shape index (κ1) is 17.8. The molecule has 142 valence electrons. The maximum atomic E-state index is 13.1. The van der Waals surface area contributed by atoms with Gasteiger partial charge in [0, 0.05) is 17.8 Å². The maximum Gasteiger partial charge on any atom is 0.322 e. The lowest BCUT2D eigenvalue weighted by molar-refractivity contribution is -0.113. The third-order valence-electron chi connectivity index (χ3n) is 4.90. The zero-order valence-corrected chi connectivity index (χ0v) is 15.5. The summed E-state index contributed by atoms with van der Waals surface area (Å²) in [4.78, 5) is 27.5. The molecule has 0 spiro atoms. The molecule has 0 saturated heterocycles. The number of aromatic nitrogens is 1. The molecule has 28 heavy (non-hydrogen) atoms. The van der Waals surface area contributed by atoms with Crippen molar-refractivity contribution in [2.24, 2.45) is 0 Å². The number of amides is 3. The number of carbonyl (C=O) groups is 2. The third kappa shape index (κ3) is 3.22. The van der Waals surface area contributed by atoms with Gasteiger partial charge in [-0.25, -0.2) is 4.79 Å². The highest BCUT2D eigenvalue weighted by Gasteiger charge is 2.42. The fraction of sp³-hybridized carbons (Fsp3) is 0.300. The molecular weight excluding hydrogens is 358 g/mol. The van der Waals surface area contributed by atoms with Crippen LogP contribution in [0, 0.1) is 18.3 Å². The first-order valence-electron chi connectivity index (χ1n) is 9.03. The van der Waals surface area contributed by atoms with Crippen LogP contribution in [0.15, 0.2) is 46.1 Å². The number of hydrogen-bond acceptors (Lipinski definition) is 5. The molecule has 2 aliphatic rings. The Labute approximate surface area is 161 Å². The molecule has 2 aromatic rings. The van der Waals surface area contributed by atoms with E-state index >= 15 is 0 Å². The van der Waals surface area contributed by atoms with Crippen LogP contribution in [0.25, 0.3) is 0 Å². The second-order valence-corrected chi connectivity index (χ2v) is 7.00. The van der Waals surface area contributed by atoms with Crippen LogP contribution in [-0.2, 0) is 4.79 Å². The van der Waals surface area contributed by atoms with E-state index in [0.29, 0.717) is 34.0 Å². The minimum atomic E-state index is -0.663. The first-order chi connectivity index (χ1) is 13.5. The molecule has 8 heteroatoms. The summed E-state index contributed by atoms with van der Waals surface area (Å²) in [5.74, 6) is 0.516. The Morgan fingerprint density at radius 1 is 1.36 bits per heavy atom. The van der Waals surface area contributed by atoms with Gasteiger partial charge in [0.05, 0.1) is 23.2 Å². The number of allylic oxidation sites excluding steroid dienone is 1. The van der Waals surface area contributed by atoms with E-state index in [0.717, 1.165) is 12.8 Å². The molecule has 0 radical (unpaired) electrons. The number of rotatable bonds is 4. The molecule has 2 heterocycles. The quantitative estimate of drug-likeness (QED) is 0.851. The Bertz CT molecular complexity index is 1030. The summed E-state index contributed by atoms with van der Waals surface area (Å²) < 4.78 is 5.01. The van der Waals surface area contributed by atoms with Crippen molar-refractivity contribution in [2.45, 2.75) is 38.8 Å². The minimum Gasteiger partial charge on any atom is -0.360 e. The predicted octanol–water partition coefficient (Wildman–Crippen LogP) is 3.00. The molecule has 1 fully saturated rings. The van der Waals surface area contributed by atoms with Gasteiger partial charge in [0.2, 0.25) is 0 Å². The molecule has 3 amide bonds. The van der Waals surface area contributed by atoms with Gasteiger partial charge in [0.25, 0.3) is 5.91 Å². The highest BCUT2D eigenvalue weighted by Crippen LogP contribution is 2.38. The normalized spacial score (nSPS) is 19.2. The topological polar surface area (TPSA) is 111 Å². The summed E-state index contributed by atoms with van der Waals surface area (Å²) in [6, 6.07) is 9.82. The highest BCUT2D eigenvalue weighted by atomic mass is 16.5.